The standard InChI is InChI=1S/C31H39N5O4/c1-31(2,3)30(39)33-25(21-40-20-23-13-7-4-8-14-23)28(37)34-26-19-36(22-32-26)27(24-15-9-5-10-16-24)29(38)35-17-11-6-12-18-35/h4-5,7-10,13-16,19,22,25,27H,6,11-12,17-18,20-21H2,1-3H3,(H,33,39)(H,34,37)/t25-,27?/m1/s1. The molecule has 1 saturated heterocycles. The van der Waals surface area contributed by atoms with Gasteiger partial charge in [0.25, 0.3) is 5.91 Å². The van der Waals surface area contributed by atoms with E-state index in [-0.39, 0.29) is 24.2 Å². The highest BCUT2D eigenvalue weighted by Crippen LogP contribution is 2.24. The number of rotatable bonds is 10. The zero-order valence-electron chi connectivity index (χ0n) is 23.5. The van der Waals surface area contributed by atoms with Crippen LogP contribution in [0.25, 0.3) is 0 Å². The Hall–Kier alpha value is -3.98. The molecule has 0 bridgehead atoms. The number of anilines is 1. The molecule has 9 heteroatoms. The number of benzene rings is 2. The second kappa shape index (κ2) is 13.4. The van der Waals surface area contributed by atoms with E-state index in [1.165, 1.54) is 0 Å². The number of aromatic nitrogens is 2. The molecule has 0 radical (unpaired) electrons. The first-order valence-electron chi connectivity index (χ1n) is 13.8. The van der Waals surface area contributed by atoms with E-state index >= 15 is 0 Å². The monoisotopic (exact) mass is 545 g/mol. The van der Waals surface area contributed by atoms with Gasteiger partial charge in [-0.2, -0.15) is 0 Å². The van der Waals surface area contributed by atoms with E-state index in [0.717, 1.165) is 43.5 Å². The zero-order valence-corrected chi connectivity index (χ0v) is 23.5. The van der Waals surface area contributed by atoms with Crippen molar-refractivity contribution >= 4 is 23.5 Å². The van der Waals surface area contributed by atoms with Crippen molar-refractivity contribution in [2.75, 3.05) is 25.0 Å². The highest BCUT2D eigenvalue weighted by Gasteiger charge is 2.30. The molecule has 2 aromatic carbocycles. The molecule has 2 N–H and O–H groups in total. The summed E-state index contributed by atoms with van der Waals surface area (Å²) < 4.78 is 7.54. The van der Waals surface area contributed by atoms with Crippen molar-refractivity contribution in [3.63, 3.8) is 0 Å². The average Bonchev–Trinajstić information content (AvgIpc) is 3.41. The number of hydrogen-bond acceptors (Lipinski definition) is 5. The van der Waals surface area contributed by atoms with E-state index in [9.17, 15) is 14.4 Å². The van der Waals surface area contributed by atoms with Crippen LogP contribution in [0, 0.1) is 5.41 Å². The maximum atomic E-state index is 13.6. The van der Waals surface area contributed by atoms with Crippen LogP contribution in [0.4, 0.5) is 5.82 Å². The molecule has 1 unspecified atom stereocenters. The molecule has 2 atom stereocenters. The number of carbonyl (C=O) groups is 3. The van der Waals surface area contributed by atoms with Crippen molar-refractivity contribution in [2.24, 2.45) is 5.41 Å². The minimum Gasteiger partial charge on any atom is -0.374 e. The number of piperidine rings is 1. The SMILES string of the molecule is CC(C)(C)C(=O)N[C@H](COCc1ccccc1)C(=O)Nc1cn(C(C(=O)N2CCCCC2)c2ccccc2)cn1. The third kappa shape index (κ3) is 7.79. The molecular formula is C31H39N5O4. The molecule has 1 aliphatic rings. The second-order valence-electron chi connectivity index (χ2n) is 11.2. The molecule has 212 valence electrons. The molecule has 40 heavy (non-hydrogen) atoms. The summed E-state index contributed by atoms with van der Waals surface area (Å²) in [5, 5.41) is 5.61. The molecule has 4 rings (SSSR count). The predicted molar refractivity (Wildman–Crippen MR) is 153 cm³/mol. The van der Waals surface area contributed by atoms with Gasteiger partial charge < -0.3 is 24.8 Å². The molecule has 9 nitrogen and oxygen atoms in total. The van der Waals surface area contributed by atoms with E-state index in [1.807, 2.05) is 65.6 Å². The fourth-order valence-corrected chi connectivity index (χ4v) is 4.55. The molecular weight excluding hydrogens is 506 g/mol. The predicted octanol–water partition coefficient (Wildman–Crippen LogP) is 4.17. The number of ether oxygens (including phenoxy) is 1. The van der Waals surface area contributed by atoms with Crippen LogP contribution in [0.5, 0.6) is 0 Å². The van der Waals surface area contributed by atoms with Crippen molar-refractivity contribution in [1.82, 2.24) is 19.8 Å². The summed E-state index contributed by atoms with van der Waals surface area (Å²) in [5.74, 6) is -0.423. The normalized spacial score (nSPS) is 15.2. The number of nitrogens with zero attached hydrogens (tertiary/aromatic N) is 3. The third-order valence-electron chi connectivity index (χ3n) is 6.87. The summed E-state index contributed by atoms with van der Waals surface area (Å²) in [4.78, 5) is 45.9. The Labute approximate surface area is 235 Å². The molecule has 0 spiro atoms. The van der Waals surface area contributed by atoms with Gasteiger partial charge in [0.15, 0.2) is 5.82 Å². The Morgan fingerprint density at radius 2 is 1.60 bits per heavy atom. The summed E-state index contributed by atoms with van der Waals surface area (Å²) in [6, 6.07) is 17.7. The van der Waals surface area contributed by atoms with Gasteiger partial charge >= 0.3 is 0 Å². The van der Waals surface area contributed by atoms with Gasteiger partial charge in [-0.1, -0.05) is 81.4 Å². The van der Waals surface area contributed by atoms with Crippen molar-refractivity contribution in [2.45, 2.75) is 58.7 Å². The Balaban J connectivity index is 1.49. The van der Waals surface area contributed by atoms with E-state index in [4.69, 9.17) is 4.74 Å². The minimum absolute atomic E-state index is 0.00538. The summed E-state index contributed by atoms with van der Waals surface area (Å²) >= 11 is 0. The number of imidazole rings is 1. The van der Waals surface area contributed by atoms with Gasteiger partial charge in [-0.3, -0.25) is 14.4 Å². The second-order valence-corrected chi connectivity index (χ2v) is 11.2. The molecule has 2 heterocycles. The van der Waals surface area contributed by atoms with Crippen molar-refractivity contribution in [3.05, 3.63) is 84.3 Å². The Bertz CT molecular complexity index is 1260. The van der Waals surface area contributed by atoms with Crippen LogP contribution in [0.2, 0.25) is 0 Å². The summed E-state index contributed by atoms with van der Waals surface area (Å²) in [6.45, 7) is 7.12. The van der Waals surface area contributed by atoms with Crippen LogP contribution in [-0.4, -0.2) is 57.9 Å². The lowest BCUT2D eigenvalue weighted by Crippen LogP contribution is -2.50. The minimum atomic E-state index is -0.930. The van der Waals surface area contributed by atoms with Gasteiger partial charge in [0.2, 0.25) is 11.8 Å². The van der Waals surface area contributed by atoms with E-state index < -0.39 is 23.4 Å². The molecule has 3 aromatic rings. The van der Waals surface area contributed by atoms with E-state index in [2.05, 4.69) is 15.6 Å². The quantitative estimate of drug-likeness (QED) is 0.398. The van der Waals surface area contributed by atoms with Crippen molar-refractivity contribution in [3.8, 4) is 0 Å². The van der Waals surface area contributed by atoms with Crippen molar-refractivity contribution < 1.29 is 19.1 Å². The Kier molecular flexibility index (Phi) is 9.71. The Morgan fingerprint density at radius 1 is 0.950 bits per heavy atom. The molecule has 1 fully saturated rings. The maximum Gasteiger partial charge on any atom is 0.250 e. The maximum absolute atomic E-state index is 13.6. The lowest BCUT2D eigenvalue weighted by molar-refractivity contribution is -0.134. The van der Waals surface area contributed by atoms with Crippen LogP contribution >= 0.6 is 0 Å². The van der Waals surface area contributed by atoms with Gasteiger partial charge in [0.1, 0.15) is 12.1 Å². The lowest BCUT2D eigenvalue weighted by atomic mass is 9.95. The third-order valence-corrected chi connectivity index (χ3v) is 6.87. The molecule has 0 aliphatic carbocycles. The Morgan fingerprint density at radius 3 is 2.25 bits per heavy atom. The molecule has 1 aromatic heterocycles. The molecule has 1 aliphatic heterocycles. The zero-order chi connectivity index (χ0) is 28.5. The highest BCUT2D eigenvalue weighted by molar-refractivity contribution is 5.97. The first-order chi connectivity index (χ1) is 19.2. The highest BCUT2D eigenvalue weighted by atomic mass is 16.5. The van der Waals surface area contributed by atoms with Gasteiger partial charge in [0.05, 0.1) is 19.5 Å². The fourth-order valence-electron chi connectivity index (χ4n) is 4.55. The van der Waals surface area contributed by atoms with Crippen LogP contribution in [0.1, 0.15) is 57.2 Å². The largest absolute Gasteiger partial charge is 0.374 e. The van der Waals surface area contributed by atoms with Crippen molar-refractivity contribution in [1.29, 1.82) is 0 Å². The number of nitrogens with one attached hydrogen (secondary N) is 2. The summed E-state index contributed by atoms with van der Waals surface area (Å²) in [6.07, 6.45) is 6.33. The number of hydrogen-bond donors (Lipinski definition) is 2. The van der Waals surface area contributed by atoms with Gasteiger partial charge in [-0.15, -0.1) is 0 Å². The fraction of sp³-hybridized carbons (Fsp3) is 0.419. The van der Waals surface area contributed by atoms with Crippen LogP contribution in [0.15, 0.2) is 73.2 Å². The van der Waals surface area contributed by atoms with Crippen LogP contribution < -0.4 is 10.6 Å². The topological polar surface area (TPSA) is 106 Å². The number of amides is 3. The molecule has 0 saturated carbocycles. The van der Waals surface area contributed by atoms with E-state index in [1.54, 1.807) is 37.9 Å². The van der Waals surface area contributed by atoms with Gasteiger partial charge in [-0.05, 0) is 30.4 Å². The smallest absolute Gasteiger partial charge is 0.250 e. The van der Waals surface area contributed by atoms with E-state index in [0.29, 0.717) is 6.61 Å². The van der Waals surface area contributed by atoms with Crippen LogP contribution in [0.3, 0.4) is 0 Å². The summed E-state index contributed by atoms with van der Waals surface area (Å²) in [7, 11) is 0. The average molecular weight is 546 g/mol. The number of carbonyl (C=O) groups excluding carboxylic acids is 3. The van der Waals surface area contributed by atoms with Crippen LogP contribution in [-0.2, 0) is 25.7 Å². The first kappa shape index (κ1) is 29.0. The molecule has 3 amide bonds. The summed E-state index contributed by atoms with van der Waals surface area (Å²) in [5.41, 5.74) is 1.13. The van der Waals surface area contributed by atoms with Gasteiger partial charge in [-0.25, -0.2) is 4.98 Å². The lowest BCUT2D eigenvalue weighted by Gasteiger charge is -2.31. The van der Waals surface area contributed by atoms with Gasteiger partial charge in [0, 0.05) is 24.7 Å². The number of likely N-dealkylation sites (tertiary alicyclic amines) is 1. The first-order valence-corrected chi connectivity index (χ1v) is 13.8.